The molecule has 1 aliphatic heterocycles. The Balaban J connectivity index is 2.02. The Hall–Kier alpha value is -1.60. The van der Waals surface area contributed by atoms with E-state index < -0.39 is 34.2 Å². The zero-order valence-corrected chi connectivity index (χ0v) is 14.6. The summed E-state index contributed by atoms with van der Waals surface area (Å²) >= 11 is 0. The molecule has 9 nitrogen and oxygen atoms in total. The van der Waals surface area contributed by atoms with Crippen LogP contribution in [-0.4, -0.2) is 68.8 Å². The van der Waals surface area contributed by atoms with Gasteiger partial charge in [-0.1, -0.05) is 12.8 Å². The fourth-order valence-corrected chi connectivity index (χ4v) is 2.17. The maximum atomic E-state index is 13.1. The van der Waals surface area contributed by atoms with Crippen LogP contribution in [0.2, 0.25) is 0 Å². The third kappa shape index (κ3) is 7.74. The van der Waals surface area contributed by atoms with Gasteiger partial charge in [0, 0.05) is 13.1 Å². The zero-order chi connectivity index (χ0) is 19.8. The minimum Gasteiger partial charge on any atom is -0.446 e. The summed E-state index contributed by atoms with van der Waals surface area (Å²) < 4.78 is 76.6. The van der Waals surface area contributed by atoms with Gasteiger partial charge in [0.05, 0.1) is 6.61 Å². The number of alkyl halides is 3. The van der Waals surface area contributed by atoms with E-state index in [-0.39, 0.29) is 18.6 Å². The highest BCUT2D eigenvalue weighted by molar-refractivity contribution is 7.86. The molecule has 0 aromatic rings. The highest BCUT2D eigenvalue weighted by Gasteiger charge is 2.53. The quantitative estimate of drug-likeness (QED) is 0.245. The second-order valence-electron chi connectivity index (χ2n) is 5.56. The predicted octanol–water partition coefficient (Wildman–Crippen LogP) is 0.607. The summed E-state index contributed by atoms with van der Waals surface area (Å²) in [6, 6.07) is 0. The molecule has 3 N–H and O–H groups in total. The number of halogens is 3. The first-order valence-electron chi connectivity index (χ1n) is 7.84. The Morgan fingerprint density at radius 3 is 2.23 bits per heavy atom. The Labute approximate surface area is 148 Å². The number of epoxide rings is 1. The number of carbonyl (C=O) groups is 2. The molecule has 2 atom stereocenters. The maximum Gasteiger partial charge on any atom is 0.407 e. The first-order valence-corrected chi connectivity index (χ1v) is 9.28. The smallest absolute Gasteiger partial charge is 0.407 e. The van der Waals surface area contributed by atoms with Crippen molar-refractivity contribution < 1.29 is 45.2 Å². The van der Waals surface area contributed by atoms with Gasteiger partial charge in [-0.05, 0) is 12.8 Å². The van der Waals surface area contributed by atoms with Crippen molar-refractivity contribution in [2.75, 3.05) is 26.3 Å². The van der Waals surface area contributed by atoms with Gasteiger partial charge in [-0.25, -0.2) is 9.18 Å². The topological polar surface area (TPSA) is 134 Å². The lowest BCUT2D eigenvalue weighted by molar-refractivity contribution is -0.122. The van der Waals surface area contributed by atoms with Crippen LogP contribution in [0.25, 0.3) is 0 Å². The van der Waals surface area contributed by atoms with Crippen molar-refractivity contribution in [2.45, 2.75) is 43.2 Å². The molecule has 13 heteroatoms. The van der Waals surface area contributed by atoms with Crippen molar-refractivity contribution in [1.82, 2.24) is 10.6 Å². The second-order valence-corrected chi connectivity index (χ2v) is 7.05. The van der Waals surface area contributed by atoms with E-state index in [1.807, 2.05) is 0 Å². The zero-order valence-electron chi connectivity index (χ0n) is 13.8. The van der Waals surface area contributed by atoms with Gasteiger partial charge in [-0.3, -0.25) is 9.35 Å². The number of rotatable bonds is 12. The molecule has 2 unspecified atom stereocenters. The fraction of sp³-hybridized carbons (Fsp3) is 0.846. The van der Waals surface area contributed by atoms with Crippen LogP contribution in [-0.2, 0) is 24.4 Å². The minimum atomic E-state index is -5.94. The van der Waals surface area contributed by atoms with Crippen LogP contribution in [0.5, 0.6) is 0 Å². The molecule has 0 radical (unpaired) electrons. The molecular formula is C13H21F3N2O7S. The monoisotopic (exact) mass is 406 g/mol. The van der Waals surface area contributed by atoms with Crippen LogP contribution in [0.3, 0.4) is 0 Å². The highest BCUT2D eigenvalue weighted by Crippen LogP contribution is 2.27. The van der Waals surface area contributed by atoms with E-state index in [0.717, 1.165) is 12.8 Å². The van der Waals surface area contributed by atoms with Crippen LogP contribution in [0.1, 0.15) is 25.7 Å². The molecule has 2 amide bonds. The van der Waals surface area contributed by atoms with E-state index in [1.165, 1.54) is 0 Å². The number of hydrogen-bond donors (Lipinski definition) is 3. The molecular weight excluding hydrogens is 385 g/mol. The Morgan fingerprint density at radius 1 is 1.19 bits per heavy atom. The Kier molecular flexibility index (Phi) is 8.56. The molecule has 0 spiro atoms. The van der Waals surface area contributed by atoms with Gasteiger partial charge in [0.15, 0.2) is 6.10 Å². The number of amides is 2. The van der Waals surface area contributed by atoms with Crippen LogP contribution in [0.15, 0.2) is 0 Å². The summed E-state index contributed by atoms with van der Waals surface area (Å²) in [7, 11) is -5.94. The Bertz CT molecular complexity index is 584. The lowest BCUT2D eigenvalue weighted by Gasteiger charge is -2.17. The SMILES string of the molecule is O=C(NCCCCCCNC(=O)C1CO1)OCC(F)C(F)(F)S(=O)(=O)O. The van der Waals surface area contributed by atoms with E-state index in [1.54, 1.807) is 0 Å². The number of ether oxygens (including phenoxy) is 2. The third-order valence-corrected chi connectivity index (χ3v) is 4.31. The standard InChI is InChI=1S/C13H21F3N2O7S/c14-10(13(15,16)26(21,22)23)8-25-12(20)18-6-4-2-1-3-5-17-11(19)9-7-24-9/h9-10H,1-8H2,(H,17,19)(H,18,20)(H,21,22,23). The van der Waals surface area contributed by atoms with Crippen LogP contribution >= 0.6 is 0 Å². The van der Waals surface area contributed by atoms with Gasteiger partial charge in [0.2, 0.25) is 6.17 Å². The normalized spacial score (nSPS) is 18.1. The molecule has 1 aliphatic rings. The van der Waals surface area contributed by atoms with Crippen LogP contribution in [0, 0.1) is 0 Å². The van der Waals surface area contributed by atoms with Crippen molar-refractivity contribution in [1.29, 1.82) is 0 Å². The summed E-state index contributed by atoms with van der Waals surface area (Å²) in [5.74, 6) is -0.139. The number of carbonyl (C=O) groups excluding carboxylic acids is 2. The van der Waals surface area contributed by atoms with Crippen LogP contribution in [0.4, 0.5) is 18.0 Å². The summed E-state index contributed by atoms with van der Waals surface area (Å²) in [5, 5.41) is -0.179. The maximum absolute atomic E-state index is 13.1. The molecule has 1 rings (SSSR count). The van der Waals surface area contributed by atoms with E-state index in [0.29, 0.717) is 26.0 Å². The van der Waals surface area contributed by atoms with Crippen molar-refractivity contribution in [3.05, 3.63) is 0 Å². The minimum absolute atomic E-state index is 0.139. The van der Waals surface area contributed by atoms with Gasteiger partial charge >= 0.3 is 21.5 Å². The van der Waals surface area contributed by atoms with E-state index >= 15 is 0 Å². The first kappa shape index (κ1) is 22.4. The summed E-state index contributed by atoms with van der Waals surface area (Å²) in [6.45, 7) is -0.423. The van der Waals surface area contributed by atoms with E-state index in [9.17, 15) is 31.2 Å². The van der Waals surface area contributed by atoms with Gasteiger partial charge in [0.1, 0.15) is 6.61 Å². The van der Waals surface area contributed by atoms with Gasteiger partial charge in [-0.15, -0.1) is 0 Å². The van der Waals surface area contributed by atoms with Gasteiger partial charge in [-0.2, -0.15) is 17.2 Å². The molecule has 1 saturated heterocycles. The van der Waals surface area contributed by atoms with Crippen molar-refractivity contribution >= 4 is 22.1 Å². The van der Waals surface area contributed by atoms with Crippen LogP contribution < -0.4 is 10.6 Å². The number of hydrogen-bond acceptors (Lipinski definition) is 6. The van der Waals surface area contributed by atoms with Crippen molar-refractivity contribution in [3.8, 4) is 0 Å². The average molecular weight is 406 g/mol. The van der Waals surface area contributed by atoms with Gasteiger partial charge in [0.25, 0.3) is 5.91 Å². The highest BCUT2D eigenvalue weighted by atomic mass is 32.2. The van der Waals surface area contributed by atoms with Gasteiger partial charge < -0.3 is 20.1 Å². The molecule has 0 aromatic heterocycles. The summed E-state index contributed by atoms with van der Waals surface area (Å²) in [6.07, 6.45) is -2.15. The second kappa shape index (κ2) is 9.92. The average Bonchev–Trinajstić information content (AvgIpc) is 3.38. The molecule has 0 bridgehead atoms. The molecule has 1 heterocycles. The molecule has 0 aliphatic carbocycles. The number of unbranched alkanes of at least 4 members (excludes halogenated alkanes) is 3. The predicted molar refractivity (Wildman–Crippen MR) is 82.0 cm³/mol. The van der Waals surface area contributed by atoms with E-state index in [2.05, 4.69) is 15.4 Å². The lowest BCUT2D eigenvalue weighted by atomic mass is 10.2. The molecule has 152 valence electrons. The number of alkyl carbamates (subject to hydrolysis) is 1. The summed E-state index contributed by atoms with van der Waals surface area (Å²) in [5.41, 5.74) is 0. The first-order chi connectivity index (χ1) is 12.1. The molecule has 1 fully saturated rings. The lowest BCUT2D eigenvalue weighted by Crippen LogP contribution is -2.42. The molecule has 0 saturated carbocycles. The van der Waals surface area contributed by atoms with Crippen molar-refractivity contribution in [2.24, 2.45) is 0 Å². The number of nitrogens with one attached hydrogen (secondary N) is 2. The van der Waals surface area contributed by atoms with E-state index in [4.69, 9.17) is 9.29 Å². The molecule has 0 aromatic carbocycles. The van der Waals surface area contributed by atoms with Crippen molar-refractivity contribution in [3.63, 3.8) is 0 Å². The fourth-order valence-electron chi connectivity index (χ4n) is 1.78. The third-order valence-electron chi connectivity index (χ3n) is 3.37. The molecule has 26 heavy (non-hydrogen) atoms. The Morgan fingerprint density at radius 2 is 1.73 bits per heavy atom. The largest absolute Gasteiger partial charge is 0.446 e. The summed E-state index contributed by atoms with van der Waals surface area (Å²) in [4.78, 5) is 22.4.